The van der Waals surface area contributed by atoms with Crippen molar-refractivity contribution in [2.75, 3.05) is 32.7 Å². The molecule has 0 saturated heterocycles. The van der Waals surface area contributed by atoms with Crippen LogP contribution in [-0.4, -0.2) is 47.0 Å². The summed E-state index contributed by atoms with van der Waals surface area (Å²) in [6, 6.07) is 0. The van der Waals surface area contributed by atoms with E-state index in [1.165, 1.54) is 0 Å². The molecular weight excluding hydrogens is 240 g/mol. The Labute approximate surface area is 104 Å². The predicted octanol–water partition coefficient (Wildman–Crippen LogP) is 0.000900. The summed E-state index contributed by atoms with van der Waals surface area (Å²) in [5.74, 6) is 4.99. The fraction of sp³-hybridized carbons (Fsp3) is 0.556. The Morgan fingerprint density at radius 3 is 2.83 bits per heavy atom. The van der Waals surface area contributed by atoms with Gasteiger partial charge in [-0.3, -0.25) is 10.1 Å². The molecule has 0 spiro atoms. The molecule has 0 aliphatic heterocycles. The van der Waals surface area contributed by atoms with Crippen LogP contribution >= 0.6 is 0 Å². The molecule has 0 bridgehead atoms. The second-order valence-corrected chi connectivity index (χ2v) is 3.78. The number of aromatic nitrogens is 2. The van der Waals surface area contributed by atoms with E-state index in [4.69, 9.17) is 10.6 Å². The Hall–Kier alpha value is -2.00. The Bertz CT molecular complexity index is 411. The molecule has 0 amide bonds. The average Bonchev–Trinajstić information content (AvgIpc) is 2.33. The third kappa shape index (κ3) is 3.79. The molecule has 1 aromatic rings. The molecule has 100 valence electrons. The summed E-state index contributed by atoms with van der Waals surface area (Å²) in [6.45, 7) is 1.15. The SMILES string of the molecule is CN(C)CCCOc1ncnc(NN)c1[N+](=O)[O-]. The molecule has 3 N–H and O–H groups in total. The predicted molar refractivity (Wildman–Crippen MR) is 65.2 cm³/mol. The van der Waals surface area contributed by atoms with Crippen LogP contribution in [0.1, 0.15) is 6.42 Å². The van der Waals surface area contributed by atoms with Crippen LogP contribution in [0.4, 0.5) is 11.5 Å². The van der Waals surface area contributed by atoms with E-state index in [0.717, 1.165) is 19.3 Å². The van der Waals surface area contributed by atoms with Gasteiger partial charge in [0.2, 0.25) is 5.82 Å². The van der Waals surface area contributed by atoms with Gasteiger partial charge in [-0.25, -0.2) is 10.8 Å². The second-order valence-electron chi connectivity index (χ2n) is 3.78. The Kier molecular flexibility index (Phi) is 5.21. The first kappa shape index (κ1) is 14.1. The smallest absolute Gasteiger partial charge is 0.374 e. The topological polar surface area (TPSA) is 119 Å². The summed E-state index contributed by atoms with van der Waals surface area (Å²) in [5, 5.41) is 10.9. The van der Waals surface area contributed by atoms with Gasteiger partial charge in [-0.05, 0) is 20.5 Å². The molecule has 1 aromatic heterocycles. The first-order chi connectivity index (χ1) is 8.56. The normalized spacial score (nSPS) is 10.4. The summed E-state index contributed by atoms with van der Waals surface area (Å²) < 4.78 is 5.28. The summed E-state index contributed by atoms with van der Waals surface area (Å²) in [4.78, 5) is 19.6. The van der Waals surface area contributed by atoms with Gasteiger partial charge in [0.15, 0.2) is 0 Å². The van der Waals surface area contributed by atoms with Crippen LogP contribution in [0.25, 0.3) is 0 Å². The zero-order valence-corrected chi connectivity index (χ0v) is 10.3. The third-order valence-electron chi connectivity index (χ3n) is 2.10. The number of hydrogen-bond acceptors (Lipinski definition) is 8. The zero-order valence-electron chi connectivity index (χ0n) is 10.3. The number of nitrogens with one attached hydrogen (secondary N) is 1. The number of nitrogen functional groups attached to an aromatic ring is 1. The minimum absolute atomic E-state index is 0.0717. The van der Waals surface area contributed by atoms with Crippen molar-refractivity contribution in [3.8, 4) is 5.88 Å². The molecule has 9 nitrogen and oxygen atoms in total. The van der Waals surface area contributed by atoms with E-state index in [9.17, 15) is 10.1 Å². The van der Waals surface area contributed by atoms with E-state index in [-0.39, 0.29) is 17.4 Å². The molecule has 0 unspecified atom stereocenters. The van der Waals surface area contributed by atoms with Gasteiger partial charge in [-0.15, -0.1) is 0 Å². The first-order valence-electron chi connectivity index (χ1n) is 5.29. The van der Waals surface area contributed by atoms with E-state index in [1.54, 1.807) is 0 Å². The molecule has 0 fully saturated rings. The highest BCUT2D eigenvalue weighted by molar-refractivity contribution is 5.60. The van der Waals surface area contributed by atoms with Crippen LogP contribution in [0, 0.1) is 10.1 Å². The number of ether oxygens (including phenoxy) is 1. The molecule has 0 saturated carbocycles. The Morgan fingerprint density at radius 2 is 2.28 bits per heavy atom. The molecular formula is C9H16N6O3. The molecule has 9 heteroatoms. The number of nitrogens with zero attached hydrogens (tertiary/aromatic N) is 4. The summed E-state index contributed by atoms with van der Waals surface area (Å²) >= 11 is 0. The number of nitrogens with two attached hydrogens (primary N) is 1. The van der Waals surface area contributed by atoms with E-state index in [0.29, 0.717) is 6.61 Å². The lowest BCUT2D eigenvalue weighted by molar-refractivity contribution is -0.385. The van der Waals surface area contributed by atoms with E-state index < -0.39 is 4.92 Å². The van der Waals surface area contributed by atoms with Crippen molar-refractivity contribution in [1.29, 1.82) is 0 Å². The van der Waals surface area contributed by atoms with Crippen LogP contribution in [0.5, 0.6) is 5.88 Å². The van der Waals surface area contributed by atoms with E-state index in [2.05, 4.69) is 15.4 Å². The molecule has 0 aliphatic carbocycles. The van der Waals surface area contributed by atoms with Gasteiger partial charge in [0.05, 0.1) is 11.5 Å². The van der Waals surface area contributed by atoms with Crippen LogP contribution in [0.15, 0.2) is 6.33 Å². The van der Waals surface area contributed by atoms with Gasteiger partial charge in [0, 0.05) is 6.54 Å². The second kappa shape index (κ2) is 6.67. The van der Waals surface area contributed by atoms with Crippen molar-refractivity contribution in [2.45, 2.75) is 6.42 Å². The van der Waals surface area contributed by atoms with Gasteiger partial charge >= 0.3 is 5.69 Å². The largest absolute Gasteiger partial charge is 0.473 e. The van der Waals surface area contributed by atoms with Crippen molar-refractivity contribution in [2.24, 2.45) is 5.84 Å². The van der Waals surface area contributed by atoms with E-state index in [1.807, 2.05) is 19.0 Å². The Morgan fingerprint density at radius 1 is 1.56 bits per heavy atom. The minimum atomic E-state index is -0.628. The molecule has 0 radical (unpaired) electrons. The molecule has 0 aliphatic rings. The highest BCUT2D eigenvalue weighted by atomic mass is 16.6. The Balaban J connectivity index is 2.72. The molecule has 1 heterocycles. The fourth-order valence-corrected chi connectivity index (χ4v) is 1.29. The molecule has 1 rings (SSSR count). The van der Waals surface area contributed by atoms with Crippen molar-refractivity contribution < 1.29 is 9.66 Å². The molecule has 0 atom stereocenters. The number of hydrazine groups is 1. The van der Waals surface area contributed by atoms with Crippen molar-refractivity contribution in [3.63, 3.8) is 0 Å². The monoisotopic (exact) mass is 256 g/mol. The highest BCUT2D eigenvalue weighted by Crippen LogP contribution is 2.29. The van der Waals surface area contributed by atoms with Gasteiger partial charge < -0.3 is 15.1 Å². The maximum absolute atomic E-state index is 10.9. The van der Waals surface area contributed by atoms with Gasteiger partial charge in [0.25, 0.3) is 5.88 Å². The maximum Gasteiger partial charge on any atom is 0.374 e. The van der Waals surface area contributed by atoms with Crippen molar-refractivity contribution in [3.05, 3.63) is 16.4 Å². The minimum Gasteiger partial charge on any atom is -0.473 e. The van der Waals surface area contributed by atoms with Crippen LogP contribution in [0.3, 0.4) is 0 Å². The zero-order chi connectivity index (χ0) is 13.5. The van der Waals surface area contributed by atoms with Crippen LogP contribution < -0.4 is 16.0 Å². The van der Waals surface area contributed by atoms with Gasteiger partial charge in [-0.1, -0.05) is 0 Å². The maximum atomic E-state index is 10.9. The number of rotatable bonds is 7. The standard InChI is InChI=1S/C9H16N6O3/c1-14(2)4-3-5-18-9-7(15(16)17)8(13-10)11-6-12-9/h6H,3-5,10H2,1-2H3,(H,11,12,13). The van der Waals surface area contributed by atoms with Gasteiger partial charge in [-0.2, -0.15) is 4.98 Å². The lowest BCUT2D eigenvalue weighted by atomic mass is 10.4. The number of hydrogen-bond donors (Lipinski definition) is 2. The quantitative estimate of drug-likeness (QED) is 0.303. The van der Waals surface area contributed by atoms with Gasteiger partial charge in [0.1, 0.15) is 6.33 Å². The third-order valence-corrected chi connectivity index (χ3v) is 2.10. The van der Waals surface area contributed by atoms with Crippen LogP contribution in [0.2, 0.25) is 0 Å². The van der Waals surface area contributed by atoms with Crippen LogP contribution in [-0.2, 0) is 0 Å². The number of nitro groups is 1. The highest BCUT2D eigenvalue weighted by Gasteiger charge is 2.23. The lowest BCUT2D eigenvalue weighted by Crippen LogP contribution is -2.16. The molecule has 0 aromatic carbocycles. The summed E-state index contributed by atoms with van der Waals surface area (Å²) in [7, 11) is 3.87. The van der Waals surface area contributed by atoms with E-state index >= 15 is 0 Å². The summed E-state index contributed by atoms with van der Waals surface area (Å²) in [5.41, 5.74) is 1.79. The lowest BCUT2D eigenvalue weighted by Gasteiger charge is -2.10. The summed E-state index contributed by atoms with van der Waals surface area (Å²) in [6.07, 6.45) is 1.89. The van der Waals surface area contributed by atoms with Crippen molar-refractivity contribution >= 4 is 11.5 Å². The molecule has 18 heavy (non-hydrogen) atoms. The first-order valence-corrected chi connectivity index (χ1v) is 5.29. The fourth-order valence-electron chi connectivity index (χ4n) is 1.29. The van der Waals surface area contributed by atoms with Crippen molar-refractivity contribution in [1.82, 2.24) is 14.9 Å². The number of anilines is 1. The average molecular weight is 256 g/mol.